The van der Waals surface area contributed by atoms with E-state index in [0.717, 1.165) is 51.6 Å². The topological polar surface area (TPSA) is 172 Å². The van der Waals surface area contributed by atoms with Gasteiger partial charge in [-0.2, -0.15) is 0 Å². The maximum absolute atomic E-state index is 14.9. The lowest BCUT2D eigenvalue weighted by atomic mass is 9.73. The van der Waals surface area contributed by atoms with Gasteiger partial charge in [-0.1, -0.05) is 60.3 Å². The molecule has 3 saturated heterocycles. The normalized spacial score (nSPS) is 29.7. The zero-order chi connectivity index (χ0) is 36.1. The van der Waals surface area contributed by atoms with E-state index in [2.05, 4.69) is 34.7 Å². The van der Waals surface area contributed by atoms with Gasteiger partial charge in [0.05, 0.1) is 24.8 Å². The van der Waals surface area contributed by atoms with Gasteiger partial charge in [0.15, 0.2) is 0 Å². The van der Waals surface area contributed by atoms with Gasteiger partial charge in [-0.15, -0.1) is 0 Å². The SMILES string of the molecule is CC(C)(C)[C@H](NC(=O)NC1(CN2CCOCC2)CCOCC1)C(=O)N1C[C@]2(C[C@H]1C(=O)NC(CC1CCC1)C(=O)C(N)=O)C(C)(C)C21CCC1. The van der Waals surface area contributed by atoms with E-state index in [1.54, 1.807) is 4.90 Å². The number of ether oxygens (including phenoxy) is 2. The van der Waals surface area contributed by atoms with Crippen molar-refractivity contribution in [2.24, 2.45) is 33.3 Å². The number of nitrogens with zero attached hydrogens (tertiary/aromatic N) is 2. The minimum absolute atomic E-state index is 0.0545. The summed E-state index contributed by atoms with van der Waals surface area (Å²) in [5.74, 6) is -2.38. The van der Waals surface area contributed by atoms with Crippen LogP contribution in [0.5, 0.6) is 0 Å². The van der Waals surface area contributed by atoms with E-state index in [0.29, 0.717) is 65.2 Å². The minimum atomic E-state index is -1.07. The molecule has 0 aromatic heterocycles. The van der Waals surface area contributed by atoms with Crippen LogP contribution < -0.4 is 21.7 Å². The van der Waals surface area contributed by atoms with Crippen LogP contribution in [0.3, 0.4) is 0 Å². The van der Waals surface area contributed by atoms with Crippen LogP contribution in [0.4, 0.5) is 4.79 Å². The number of hydrogen-bond donors (Lipinski definition) is 4. The summed E-state index contributed by atoms with van der Waals surface area (Å²) in [6.45, 7) is 15.3. The molecule has 0 aromatic carbocycles. The molecule has 6 aliphatic rings. The highest BCUT2D eigenvalue weighted by Crippen LogP contribution is 2.88. The first kappa shape index (κ1) is 37.0. The number of hydrogen-bond acceptors (Lipinski definition) is 8. The van der Waals surface area contributed by atoms with E-state index in [-0.39, 0.29) is 28.1 Å². The monoisotopic (exact) mass is 700 g/mol. The molecule has 3 heterocycles. The first-order chi connectivity index (χ1) is 23.5. The fraction of sp³-hybridized carbons (Fsp3) is 0.865. The van der Waals surface area contributed by atoms with Gasteiger partial charge in [0, 0.05) is 44.8 Å². The number of ketones is 1. The van der Waals surface area contributed by atoms with Crippen LogP contribution >= 0.6 is 0 Å². The number of fused-ring (bicyclic) bond motifs is 1. The maximum Gasteiger partial charge on any atom is 0.315 e. The van der Waals surface area contributed by atoms with Crippen LogP contribution in [-0.4, -0.2) is 116 Å². The second-order valence-electron chi connectivity index (χ2n) is 17.8. The highest BCUT2D eigenvalue weighted by Gasteiger charge is 2.85. The van der Waals surface area contributed by atoms with E-state index >= 15 is 0 Å². The summed E-state index contributed by atoms with van der Waals surface area (Å²) in [4.78, 5) is 72.0. The Morgan fingerprint density at radius 1 is 0.880 bits per heavy atom. The van der Waals surface area contributed by atoms with E-state index < -0.39 is 52.7 Å². The molecular formula is C37H60N6O7. The third-order valence-electron chi connectivity index (χ3n) is 13.9. The number of nitrogens with one attached hydrogen (secondary N) is 3. The van der Waals surface area contributed by atoms with Gasteiger partial charge in [-0.05, 0) is 60.7 Å². The third kappa shape index (κ3) is 6.55. The Labute approximate surface area is 296 Å². The maximum atomic E-state index is 14.9. The van der Waals surface area contributed by atoms with Gasteiger partial charge in [0.1, 0.15) is 12.1 Å². The average Bonchev–Trinajstić information content (AvgIpc) is 3.23. The van der Waals surface area contributed by atoms with Crippen LogP contribution in [0.1, 0.15) is 98.8 Å². The van der Waals surface area contributed by atoms with Crippen molar-refractivity contribution in [1.29, 1.82) is 0 Å². The van der Waals surface area contributed by atoms with Crippen molar-refractivity contribution in [2.75, 3.05) is 52.6 Å². The molecule has 6 rings (SSSR count). The lowest BCUT2D eigenvalue weighted by molar-refractivity contribution is -0.143. The van der Waals surface area contributed by atoms with Crippen molar-refractivity contribution in [1.82, 2.24) is 25.8 Å². The van der Waals surface area contributed by atoms with Crippen LogP contribution in [0.2, 0.25) is 0 Å². The van der Waals surface area contributed by atoms with Gasteiger partial charge < -0.3 is 36.1 Å². The zero-order valence-corrected chi connectivity index (χ0v) is 30.9. The number of primary amides is 1. The summed E-state index contributed by atoms with van der Waals surface area (Å²) in [5.41, 5.74) is 3.97. The molecule has 5 N–H and O–H groups in total. The Bertz CT molecular complexity index is 1340. The number of rotatable bonds is 11. The first-order valence-corrected chi connectivity index (χ1v) is 19.0. The summed E-state index contributed by atoms with van der Waals surface area (Å²) in [7, 11) is 0. The van der Waals surface area contributed by atoms with E-state index in [9.17, 15) is 24.0 Å². The number of morpholine rings is 1. The van der Waals surface area contributed by atoms with Gasteiger partial charge in [-0.3, -0.25) is 24.1 Å². The number of Topliss-reactive ketones (excluding diaryl/α,β-unsaturated/α-hetero) is 1. The summed E-state index contributed by atoms with van der Waals surface area (Å²) in [6.07, 6.45) is 8.31. The molecule has 3 aliphatic carbocycles. The van der Waals surface area contributed by atoms with Crippen molar-refractivity contribution < 1.29 is 33.4 Å². The third-order valence-corrected chi connectivity index (χ3v) is 13.9. The van der Waals surface area contributed by atoms with Gasteiger partial charge >= 0.3 is 6.03 Å². The molecule has 13 nitrogen and oxygen atoms in total. The second-order valence-corrected chi connectivity index (χ2v) is 17.8. The Morgan fingerprint density at radius 2 is 1.52 bits per heavy atom. The predicted molar refractivity (Wildman–Crippen MR) is 186 cm³/mol. The summed E-state index contributed by atoms with van der Waals surface area (Å²) >= 11 is 0. The Kier molecular flexibility index (Phi) is 10.1. The van der Waals surface area contributed by atoms with Crippen molar-refractivity contribution in [3.8, 4) is 0 Å². The molecule has 3 saturated carbocycles. The molecule has 1 unspecified atom stereocenters. The van der Waals surface area contributed by atoms with Gasteiger partial charge in [-0.25, -0.2) is 4.79 Å². The van der Waals surface area contributed by atoms with Crippen LogP contribution in [-0.2, 0) is 28.7 Å². The van der Waals surface area contributed by atoms with Gasteiger partial charge in [0.2, 0.25) is 17.6 Å². The molecule has 2 spiro atoms. The molecule has 280 valence electrons. The smallest absolute Gasteiger partial charge is 0.315 e. The highest BCUT2D eigenvalue weighted by molar-refractivity contribution is 6.37. The molecule has 5 amide bonds. The molecular weight excluding hydrogens is 640 g/mol. The fourth-order valence-corrected chi connectivity index (χ4v) is 10.3. The van der Waals surface area contributed by atoms with Crippen LogP contribution in [0, 0.1) is 27.6 Å². The number of amides is 5. The fourth-order valence-electron chi connectivity index (χ4n) is 10.3. The number of carbonyl (C=O) groups excluding carboxylic acids is 5. The van der Waals surface area contributed by atoms with Crippen LogP contribution in [0.15, 0.2) is 0 Å². The van der Waals surface area contributed by atoms with E-state index in [4.69, 9.17) is 15.2 Å². The standard InChI is InChI=1S/C37H60N6O7/c1-33(2,3)28(40-32(48)41-35(12-16-49-17-13-35)22-42-14-18-50-19-15-42)31(47)43-23-37(34(4,5)36(37)10-7-11-36)21-26(43)30(46)39-25(27(44)29(38)45)20-24-8-6-9-24/h24-26,28H,6-23H2,1-5H3,(H2,38,45)(H,39,46)(H2,40,41,48)/t25?,26-,28+,37+/m0/s1. The minimum Gasteiger partial charge on any atom is -0.381 e. The molecule has 50 heavy (non-hydrogen) atoms. The molecule has 0 bridgehead atoms. The number of likely N-dealkylation sites (tertiary alicyclic amines) is 1. The summed E-state index contributed by atoms with van der Waals surface area (Å²) in [6, 6.07) is -3.21. The number of nitrogens with two attached hydrogens (primary N) is 1. The molecule has 0 radical (unpaired) electrons. The van der Waals surface area contributed by atoms with Crippen molar-refractivity contribution in [2.45, 2.75) is 122 Å². The molecule has 4 atom stereocenters. The lowest BCUT2D eigenvalue weighted by Gasteiger charge is -2.43. The highest BCUT2D eigenvalue weighted by atomic mass is 16.5. The molecule has 6 fully saturated rings. The number of carbonyl (C=O) groups is 5. The second kappa shape index (κ2) is 13.7. The molecule has 3 aliphatic heterocycles. The van der Waals surface area contributed by atoms with Crippen LogP contribution in [0.25, 0.3) is 0 Å². The van der Waals surface area contributed by atoms with E-state index in [1.165, 1.54) is 0 Å². The zero-order valence-electron chi connectivity index (χ0n) is 30.9. The Balaban J connectivity index is 1.23. The van der Waals surface area contributed by atoms with E-state index in [1.807, 2.05) is 20.8 Å². The van der Waals surface area contributed by atoms with Crippen molar-refractivity contribution >= 4 is 29.5 Å². The van der Waals surface area contributed by atoms with Crippen molar-refractivity contribution in [3.63, 3.8) is 0 Å². The predicted octanol–water partition coefficient (Wildman–Crippen LogP) is 2.11. The van der Waals surface area contributed by atoms with Crippen molar-refractivity contribution in [3.05, 3.63) is 0 Å². The lowest BCUT2D eigenvalue weighted by Crippen LogP contribution is -2.65. The quantitative estimate of drug-likeness (QED) is 0.238. The Hall–Kier alpha value is -2.77. The van der Waals surface area contributed by atoms with Gasteiger partial charge in [0.25, 0.3) is 5.91 Å². The molecule has 13 heteroatoms. The largest absolute Gasteiger partial charge is 0.381 e. The summed E-state index contributed by atoms with van der Waals surface area (Å²) < 4.78 is 11.2. The first-order valence-electron chi connectivity index (χ1n) is 19.0. The molecule has 0 aromatic rings. The Morgan fingerprint density at radius 3 is 2.04 bits per heavy atom. The average molecular weight is 701 g/mol. The summed E-state index contributed by atoms with van der Waals surface area (Å²) in [5, 5.41) is 9.22. The number of urea groups is 1.